The normalized spacial score (nSPS) is 18.5. The summed E-state index contributed by atoms with van der Waals surface area (Å²) in [5, 5.41) is 7.22. The van der Waals surface area contributed by atoms with E-state index in [1.165, 1.54) is 11.1 Å². The number of carbonyl (C=O) groups is 1. The number of aryl methyl sites for hydroxylation is 2. The van der Waals surface area contributed by atoms with Crippen molar-refractivity contribution in [2.24, 2.45) is 7.05 Å². The van der Waals surface area contributed by atoms with Gasteiger partial charge < -0.3 is 5.32 Å². The SMILES string of the molecule is Cc1cccc(CN2CCCCC2C(=O)NCc2cnn(C)c2)c1. The van der Waals surface area contributed by atoms with Gasteiger partial charge in [0.25, 0.3) is 0 Å². The highest BCUT2D eigenvalue weighted by atomic mass is 16.2. The summed E-state index contributed by atoms with van der Waals surface area (Å²) >= 11 is 0. The fraction of sp³-hybridized carbons (Fsp3) is 0.474. The number of hydrogen-bond acceptors (Lipinski definition) is 3. The van der Waals surface area contributed by atoms with Crippen LogP contribution >= 0.6 is 0 Å². The van der Waals surface area contributed by atoms with Gasteiger partial charge in [0.15, 0.2) is 0 Å². The average Bonchev–Trinajstić information content (AvgIpc) is 2.99. The Labute approximate surface area is 143 Å². The number of nitrogens with one attached hydrogen (secondary N) is 1. The van der Waals surface area contributed by atoms with Gasteiger partial charge in [-0.05, 0) is 31.9 Å². The van der Waals surface area contributed by atoms with Crippen molar-refractivity contribution in [2.45, 2.75) is 45.3 Å². The molecule has 5 heteroatoms. The fourth-order valence-corrected chi connectivity index (χ4v) is 3.39. The van der Waals surface area contributed by atoms with Crippen LogP contribution in [0.3, 0.4) is 0 Å². The zero-order valence-electron chi connectivity index (χ0n) is 14.5. The van der Waals surface area contributed by atoms with Crippen LogP contribution in [0.15, 0.2) is 36.7 Å². The van der Waals surface area contributed by atoms with Crippen LogP contribution in [-0.4, -0.2) is 33.2 Å². The lowest BCUT2D eigenvalue weighted by Crippen LogP contribution is -2.48. The molecule has 0 saturated carbocycles. The number of carbonyl (C=O) groups excluding carboxylic acids is 1. The van der Waals surface area contributed by atoms with E-state index >= 15 is 0 Å². The third-order valence-corrected chi connectivity index (χ3v) is 4.61. The van der Waals surface area contributed by atoms with Crippen LogP contribution in [0.25, 0.3) is 0 Å². The van der Waals surface area contributed by atoms with Crippen LogP contribution < -0.4 is 5.32 Å². The van der Waals surface area contributed by atoms with Gasteiger partial charge >= 0.3 is 0 Å². The Morgan fingerprint density at radius 1 is 1.33 bits per heavy atom. The number of hydrogen-bond donors (Lipinski definition) is 1. The quantitative estimate of drug-likeness (QED) is 0.918. The molecule has 1 aliphatic heterocycles. The maximum absolute atomic E-state index is 12.7. The van der Waals surface area contributed by atoms with E-state index in [-0.39, 0.29) is 11.9 Å². The number of benzene rings is 1. The number of amides is 1. The van der Waals surface area contributed by atoms with Crippen molar-refractivity contribution in [3.63, 3.8) is 0 Å². The molecule has 1 unspecified atom stereocenters. The third-order valence-electron chi connectivity index (χ3n) is 4.61. The highest BCUT2D eigenvalue weighted by Gasteiger charge is 2.28. The molecule has 1 N–H and O–H groups in total. The molecule has 5 nitrogen and oxygen atoms in total. The molecule has 1 aliphatic rings. The molecule has 128 valence electrons. The standard InChI is InChI=1S/C19H26N4O/c1-15-6-5-7-16(10-15)14-23-9-4-3-8-18(23)19(24)20-11-17-12-21-22(2)13-17/h5-7,10,12-13,18H,3-4,8-9,11,14H2,1-2H3,(H,20,24). The van der Waals surface area contributed by atoms with Crippen LogP contribution in [0.4, 0.5) is 0 Å². The molecule has 2 heterocycles. The molecule has 1 aromatic carbocycles. The molecule has 0 spiro atoms. The lowest BCUT2D eigenvalue weighted by molar-refractivity contribution is -0.128. The minimum atomic E-state index is -0.0315. The Balaban J connectivity index is 1.61. The number of rotatable bonds is 5. The monoisotopic (exact) mass is 326 g/mol. The lowest BCUT2D eigenvalue weighted by atomic mass is 10.00. The maximum atomic E-state index is 12.7. The van der Waals surface area contributed by atoms with E-state index in [0.29, 0.717) is 6.54 Å². The van der Waals surface area contributed by atoms with Crippen molar-refractivity contribution in [3.8, 4) is 0 Å². The molecule has 1 fully saturated rings. The summed E-state index contributed by atoms with van der Waals surface area (Å²) in [6.45, 7) is 4.48. The summed E-state index contributed by atoms with van der Waals surface area (Å²) < 4.78 is 1.76. The summed E-state index contributed by atoms with van der Waals surface area (Å²) in [6, 6.07) is 8.52. The fourth-order valence-electron chi connectivity index (χ4n) is 3.39. The van der Waals surface area contributed by atoms with Crippen LogP contribution in [0.5, 0.6) is 0 Å². The number of aromatic nitrogens is 2. The highest BCUT2D eigenvalue weighted by Crippen LogP contribution is 2.20. The zero-order valence-corrected chi connectivity index (χ0v) is 14.5. The Kier molecular flexibility index (Phi) is 5.30. The Morgan fingerprint density at radius 2 is 2.21 bits per heavy atom. The van der Waals surface area contributed by atoms with Crippen LogP contribution in [0.1, 0.15) is 36.0 Å². The minimum Gasteiger partial charge on any atom is -0.351 e. The number of nitrogens with zero attached hydrogens (tertiary/aromatic N) is 3. The molecule has 3 rings (SSSR count). The summed E-state index contributed by atoms with van der Waals surface area (Å²) in [5.74, 6) is 0.131. The molecular formula is C19H26N4O. The van der Waals surface area contributed by atoms with E-state index in [1.807, 2.05) is 13.2 Å². The summed E-state index contributed by atoms with van der Waals surface area (Å²) in [5.41, 5.74) is 3.58. The number of piperidine rings is 1. The van der Waals surface area contributed by atoms with Crippen molar-refractivity contribution in [2.75, 3.05) is 6.54 Å². The van der Waals surface area contributed by atoms with Gasteiger partial charge in [0, 0.05) is 31.9 Å². The predicted molar refractivity (Wildman–Crippen MR) is 94.3 cm³/mol. The second-order valence-electron chi connectivity index (χ2n) is 6.71. The van der Waals surface area contributed by atoms with Gasteiger partial charge in [-0.2, -0.15) is 5.10 Å². The maximum Gasteiger partial charge on any atom is 0.237 e. The first-order chi connectivity index (χ1) is 11.6. The largest absolute Gasteiger partial charge is 0.351 e. The number of likely N-dealkylation sites (tertiary alicyclic amines) is 1. The van der Waals surface area contributed by atoms with Crippen molar-refractivity contribution >= 4 is 5.91 Å². The van der Waals surface area contributed by atoms with Crippen molar-refractivity contribution in [3.05, 3.63) is 53.3 Å². The molecule has 2 aromatic rings. The van der Waals surface area contributed by atoms with Crippen molar-refractivity contribution in [1.29, 1.82) is 0 Å². The summed E-state index contributed by atoms with van der Waals surface area (Å²) in [4.78, 5) is 15.0. The molecule has 0 aliphatic carbocycles. The van der Waals surface area contributed by atoms with E-state index in [2.05, 4.69) is 46.5 Å². The summed E-state index contributed by atoms with van der Waals surface area (Å²) in [6.07, 6.45) is 6.95. The predicted octanol–water partition coefficient (Wildman–Crippen LogP) is 2.40. The van der Waals surface area contributed by atoms with Crippen LogP contribution in [-0.2, 0) is 24.9 Å². The first kappa shape index (κ1) is 16.7. The first-order valence-electron chi connectivity index (χ1n) is 8.66. The first-order valence-corrected chi connectivity index (χ1v) is 8.66. The molecule has 0 bridgehead atoms. The Bertz CT molecular complexity index is 694. The Morgan fingerprint density at radius 3 is 2.96 bits per heavy atom. The van der Waals surface area contributed by atoms with Gasteiger partial charge in [-0.15, -0.1) is 0 Å². The molecule has 1 amide bonds. The highest BCUT2D eigenvalue weighted by molar-refractivity contribution is 5.81. The molecule has 1 atom stereocenters. The molecular weight excluding hydrogens is 300 g/mol. The van der Waals surface area contributed by atoms with E-state index < -0.39 is 0 Å². The molecule has 1 aromatic heterocycles. The zero-order chi connectivity index (χ0) is 16.9. The molecule has 24 heavy (non-hydrogen) atoms. The minimum absolute atomic E-state index is 0.0315. The van der Waals surface area contributed by atoms with E-state index in [9.17, 15) is 4.79 Å². The van der Waals surface area contributed by atoms with Gasteiger partial charge in [-0.3, -0.25) is 14.4 Å². The topological polar surface area (TPSA) is 50.2 Å². The molecule has 0 radical (unpaired) electrons. The van der Waals surface area contributed by atoms with Crippen molar-refractivity contribution in [1.82, 2.24) is 20.0 Å². The second-order valence-corrected chi connectivity index (χ2v) is 6.71. The van der Waals surface area contributed by atoms with Gasteiger partial charge in [0.1, 0.15) is 0 Å². The third kappa shape index (κ3) is 4.23. The van der Waals surface area contributed by atoms with E-state index in [1.54, 1.807) is 10.9 Å². The second kappa shape index (κ2) is 7.62. The van der Waals surface area contributed by atoms with Gasteiger partial charge in [0.2, 0.25) is 5.91 Å². The van der Waals surface area contributed by atoms with Crippen molar-refractivity contribution < 1.29 is 4.79 Å². The van der Waals surface area contributed by atoms with E-state index in [4.69, 9.17) is 0 Å². The van der Waals surface area contributed by atoms with Gasteiger partial charge in [-0.25, -0.2) is 0 Å². The average molecular weight is 326 g/mol. The van der Waals surface area contributed by atoms with Gasteiger partial charge in [-0.1, -0.05) is 36.2 Å². The lowest BCUT2D eigenvalue weighted by Gasteiger charge is -2.34. The van der Waals surface area contributed by atoms with Gasteiger partial charge in [0.05, 0.1) is 12.2 Å². The van der Waals surface area contributed by atoms with E-state index in [0.717, 1.165) is 37.9 Å². The molecule has 1 saturated heterocycles. The smallest absolute Gasteiger partial charge is 0.237 e. The Hall–Kier alpha value is -2.14. The summed E-state index contributed by atoms with van der Waals surface area (Å²) in [7, 11) is 1.88. The van der Waals surface area contributed by atoms with Crippen LogP contribution in [0, 0.1) is 6.92 Å². The van der Waals surface area contributed by atoms with Crippen LogP contribution in [0.2, 0.25) is 0 Å².